The molecule has 1 fully saturated rings. The maximum atomic E-state index is 12.4. The highest BCUT2D eigenvalue weighted by Crippen LogP contribution is 2.24. The second kappa shape index (κ2) is 6.27. The molecule has 1 amide bonds. The van der Waals surface area contributed by atoms with E-state index in [1.807, 2.05) is 40.0 Å². The number of amides is 1. The van der Waals surface area contributed by atoms with Gasteiger partial charge in [-0.25, -0.2) is 4.79 Å². The van der Waals surface area contributed by atoms with E-state index in [4.69, 9.17) is 10.3 Å². The van der Waals surface area contributed by atoms with Gasteiger partial charge in [0.05, 0.1) is 24.3 Å². The molecule has 2 atom stereocenters. The smallest absolute Gasteiger partial charge is 0.410 e. The molecule has 120 valence electrons. The van der Waals surface area contributed by atoms with E-state index in [9.17, 15) is 4.79 Å². The van der Waals surface area contributed by atoms with Gasteiger partial charge in [0.2, 0.25) is 0 Å². The van der Waals surface area contributed by atoms with Gasteiger partial charge in [0.15, 0.2) is 0 Å². The third kappa shape index (κ3) is 4.14. The lowest BCUT2D eigenvalue weighted by molar-refractivity contribution is 0.0210. The number of carbonyl (C=O) groups excluding carboxylic acids is 1. The van der Waals surface area contributed by atoms with E-state index in [0.29, 0.717) is 19.5 Å². The molecule has 0 N–H and O–H groups in total. The van der Waals surface area contributed by atoms with Gasteiger partial charge in [-0.15, -0.1) is 0 Å². The molecule has 2 heterocycles. The number of ether oxygens (including phenoxy) is 1. The Kier molecular flexibility index (Phi) is 4.61. The Hall–Kier alpha value is -2.21. The first-order valence-corrected chi connectivity index (χ1v) is 7.32. The molecule has 0 bridgehead atoms. The van der Waals surface area contributed by atoms with Crippen LogP contribution in [0.2, 0.25) is 0 Å². The summed E-state index contributed by atoms with van der Waals surface area (Å²) in [6, 6.07) is 1.60. The van der Waals surface area contributed by atoms with Gasteiger partial charge in [-0.05, 0) is 45.7 Å². The van der Waals surface area contributed by atoms with Gasteiger partial charge in [-0.2, -0.15) is 5.10 Å². The minimum Gasteiger partial charge on any atom is -0.444 e. The van der Waals surface area contributed by atoms with E-state index in [2.05, 4.69) is 15.1 Å². The third-order valence-corrected chi connectivity index (χ3v) is 3.41. The second-order valence-electron chi connectivity index (χ2n) is 6.56. The zero-order valence-electron chi connectivity index (χ0n) is 13.4. The minimum atomic E-state index is -0.555. The summed E-state index contributed by atoms with van der Waals surface area (Å²) in [5.41, 5.74) is 8.99. The van der Waals surface area contributed by atoms with Crippen molar-refractivity contribution >= 4 is 6.09 Å². The SMILES string of the molecule is Cc1ccn(C[C@@H]2C[C@@H](N=[N+]=[N-])CN2C(=O)OC(C)(C)C)n1. The molecule has 1 aromatic heterocycles. The molecule has 0 saturated carbocycles. The highest BCUT2D eigenvalue weighted by Gasteiger charge is 2.37. The van der Waals surface area contributed by atoms with Crippen molar-refractivity contribution < 1.29 is 9.53 Å². The predicted octanol–water partition coefficient (Wildman–Crippen LogP) is 2.88. The van der Waals surface area contributed by atoms with E-state index >= 15 is 0 Å². The van der Waals surface area contributed by atoms with E-state index < -0.39 is 5.60 Å². The van der Waals surface area contributed by atoms with Crippen molar-refractivity contribution in [3.8, 4) is 0 Å². The van der Waals surface area contributed by atoms with Crippen LogP contribution in [0.5, 0.6) is 0 Å². The number of azide groups is 1. The van der Waals surface area contributed by atoms with Crippen molar-refractivity contribution in [2.45, 2.75) is 58.3 Å². The van der Waals surface area contributed by atoms with Crippen molar-refractivity contribution in [3.63, 3.8) is 0 Å². The lowest BCUT2D eigenvalue weighted by Crippen LogP contribution is -2.41. The normalized spacial score (nSPS) is 21.5. The summed E-state index contributed by atoms with van der Waals surface area (Å²) in [7, 11) is 0. The Bertz CT molecular complexity index is 584. The molecule has 1 aliphatic rings. The van der Waals surface area contributed by atoms with Crippen LogP contribution < -0.4 is 0 Å². The van der Waals surface area contributed by atoms with Crippen LogP contribution >= 0.6 is 0 Å². The molecule has 0 spiro atoms. The predicted molar refractivity (Wildman–Crippen MR) is 81.2 cm³/mol. The first-order chi connectivity index (χ1) is 10.3. The summed E-state index contributed by atoms with van der Waals surface area (Å²) in [6.45, 7) is 8.35. The van der Waals surface area contributed by atoms with Gasteiger partial charge in [-0.3, -0.25) is 4.68 Å². The number of aryl methyl sites for hydroxylation is 1. The van der Waals surface area contributed by atoms with Crippen molar-refractivity contribution in [1.82, 2.24) is 14.7 Å². The number of hydrogen-bond donors (Lipinski definition) is 0. The first kappa shape index (κ1) is 16.2. The second-order valence-corrected chi connectivity index (χ2v) is 6.56. The van der Waals surface area contributed by atoms with Crippen LogP contribution in [0.4, 0.5) is 4.79 Å². The quantitative estimate of drug-likeness (QED) is 0.488. The lowest BCUT2D eigenvalue weighted by Gasteiger charge is -2.28. The molecule has 1 aromatic rings. The maximum Gasteiger partial charge on any atom is 0.410 e. The van der Waals surface area contributed by atoms with Gasteiger partial charge >= 0.3 is 6.09 Å². The van der Waals surface area contributed by atoms with Gasteiger partial charge < -0.3 is 9.64 Å². The fourth-order valence-electron chi connectivity index (χ4n) is 2.55. The molecular formula is C14H22N6O2. The fourth-order valence-corrected chi connectivity index (χ4v) is 2.55. The summed E-state index contributed by atoms with van der Waals surface area (Å²) in [6.07, 6.45) is 2.11. The molecule has 2 rings (SSSR count). The Labute approximate surface area is 129 Å². The molecule has 0 unspecified atom stereocenters. The summed E-state index contributed by atoms with van der Waals surface area (Å²) in [5.74, 6) is 0. The van der Waals surface area contributed by atoms with Gasteiger partial charge in [0.25, 0.3) is 0 Å². The number of aromatic nitrogens is 2. The summed E-state index contributed by atoms with van der Waals surface area (Å²) in [4.78, 5) is 16.9. The van der Waals surface area contributed by atoms with Crippen molar-refractivity contribution in [2.24, 2.45) is 5.11 Å². The monoisotopic (exact) mass is 306 g/mol. The van der Waals surface area contributed by atoms with E-state index in [1.165, 1.54) is 0 Å². The molecule has 0 aliphatic carbocycles. The van der Waals surface area contributed by atoms with E-state index in [-0.39, 0.29) is 18.2 Å². The third-order valence-electron chi connectivity index (χ3n) is 3.41. The number of likely N-dealkylation sites (tertiary alicyclic amines) is 1. The number of rotatable bonds is 3. The molecule has 8 heteroatoms. The molecule has 0 aromatic carbocycles. The maximum absolute atomic E-state index is 12.4. The summed E-state index contributed by atoms with van der Waals surface area (Å²) in [5, 5.41) is 8.10. The van der Waals surface area contributed by atoms with E-state index in [0.717, 1.165) is 5.69 Å². The van der Waals surface area contributed by atoms with Crippen LogP contribution in [-0.4, -0.2) is 45.0 Å². The van der Waals surface area contributed by atoms with Crippen LogP contribution in [0.25, 0.3) is 10.4 Å². The van der Waals surface area contributed by atoms with Crippen LogP contribution in [0.1, 0.15) is 32.9 Å². The minimum absolute atomic E-state index is 0.0929. The average molecular weight is 306 g/mol. The standard InChI is InChI=1S/C14H22N6O2/c1-10-5-6-19(17-10)9-12-7-11(16-18-15)8-20(12)13(21)22-14(2,3)4/h5-6,11-12H,7-9H2,1-4H3/t11-,12+/m1/s1. The topological polar surface area (TPSA) is 96.1 Å². The zero-order chi connectivity index (χ0) is 16.3. The molecule has 22 heavy (non-hydrogen) atoms. The average Bonchev–Trinajstić information content (AvgIpc) is 2.95. The highest BCUT2D eigenvalue weighted by atomic mass is 16.6. The first-order valence-electron chi connectivity index (χ1n) is 7.32. The Morgan fingerprint density at radius 2 is 2.32 bits per heavy atom. The van der Waals surface area contributed by atoms with Crippen molar-refractivity contribution in [2.75, 3.05) is 6.54 Å². The highest BCUT2D eigenvalue weighted by molar-refractivity contribution is 5.69. The molecule has 1 aliphatic heterocycles. The molecular weight excluding hydrogens is 284 g/mol. The Balaban J connectivity index is 2.12. The van der Waals surface area contributed by atoms with Crippen molar-refractivity contribution in [1.29, 1.82) is 0 Å². The van der Waals surface area contributed by atoms with Crippen molar-refractivity contribution in [3.05, 3.63) is 28.4 Å². The molecule has 8 nitrogen and oxygen atoms in total. The van der Waals surface area contributed by atoms with Gasteiger partial charge in [0, 0.05) is 17.7 Å². The zero-order valence-corrected chi connectivity index (χ0v) is 13.4. The fraction of sp³-hybridized carbons (Fsp3) is 0.714. The number of carbonyl (C=O) groups is 1. The van der Waals surface area contributed by atoms with Gasteiger partial charge in [-0.1, -0.05) is 5.11 Å². The van der Waals surface area contributed by atoms with Crippen LogP contribution in [0.3, 0.4) is 0 Å². The Morgan fingerprint density at radius 1 is 1.59 bits per heavy atom. The number of hydrogen-bond acceptors (Lipinski definition) is 4. The largest absolute Gasteiger partial charge is 0.444 e. The van der Waals surface area contributed by atoms with Crippen LogP contribution in [0.15, 0.2) is 17.4 Å². The summed E-state index contributed by atoms with van der Waals surface area (Å²) < 4.78 is 7.25. The van der Waals surface area contributed by atoms with E-state index in [1.54, 1.807) is 9.58 Å². The lowest BCUT2D eigenvalue weighted by atomic mass is 10.2. The molecule has 1 saturated heterocycles. The Morgan fingerprint density at radius 3 is 2.86 bits per heavy atom. The summed E-state index contributed by atoms with van der Waals surface area (Å²) >= 11 is 0. The molecule has 0 radical (unpaired) electrons. The van der Waals surface area contributed by atoms with Crippen LogP contribution in [0, 0.1) is 6.92 Å². The van der Waals surface area contributed by atoms with Crippen LogP contribution in [-0.2, 0) is 11.3 Å². The van der Waals surface area contributed by atoms with Gasteiger partial charge in [0.1, 0.15) is 5.60 Å². The number of nitrogens with zero attached hydrogens (tertiary/aromatic N) is 6.